The molecule has 2 N–H and O–H groups in total. The van der Waals surface area contributed by atoms with Gasteiger partial charge in [0.1, 0.15) is 5.54 Å². The topological polar surface area (TPSA) is 64.8 Å². The molecule has 1 heterocycles. The molecule has 0 saturated carbocycles. The van der Waals surface area contributed by atoms with Crippen LogP contribution in [-0.2, 0) is 14.3 Å². The maximum Gasteiger partial charge on any atom is 0.325 e. The van der Waals surface area contributed by atoms with E-state index in [-0.39, 0.29) is 17.6 Å². The Morgan fingerprint density at radius 3 is 2.72 bits per heavy atom. The number of carbonyl (C=O) groups excluding carboxylic acids is 1. The first-order valence-electron chi connectivity index (χ1n) is 6.42. The van der Waals surface area contributed by atoms with Gasteiger partial charge in [-0.2, -0.15) is 0 Å². The minimum Gasteiger partial charge on any atom is -0.468 e. The predicted molar refractivity (Wildman–Crippen MR) is 70.3 cm³/mol. The zero-order chi connectivity index (χ0) is 14.0. The lowest BCUT2D eigenvalue weighted by Crippen LogP contribution is -2.59. The maximum absolute atomic E-state index is 11.6. The van der Waals surface area contributed by atoms with Crippen LogP contribution in [0.2, 0.25) is 0 Å². The summed E-state index contributed by atoms with van der Waals surface area (Å²) in [7, 11) is 1.37. The van der Waals surface area contributed by atoms with E-state index in [0.717, 1.165) is 13.2 Å². The Morgan fingerprint density at radius 1 is 1.61 bits per heavy atom. The standard InChI is InChI=1S/C13H26N2O3/c1-10(8-13(4,14)11(16)17-5)15-6-7-18-9-12(15,2)3/h10H,6-9,14H2,1-5H3. The van der Waals surface area contributed by atoms with E-state index in [1.54, 1.807) is 6.92 Å². The number of morpholine rings is 1. The van der Waals surface area contributed by atoms with Crippen molar-refractivity contribution in [2.24, 2.45) is 5.73 Å². The molecule has 1 rings (SSSR count). The van der Waals surface area contributed by atoms with Gasteiger partial charge in [-0.05, 0) is 34.1 Å². The molecule has 5 nitrogen and oxygen atoms in total. The lowest BCUT2D eigenvalue weighted by Gasteiger charge is -2.46. The first-order chi connectivity index (χ1) is 8.20. The van der Waals surface area contributed by atoms with Gasteiger partial charge < -0.3 is 15.2 Å². The molecule has 1 aliphatic rings. The van der Waals surface area contributed by atoms with Crippen molar-refractivity contribution >= 4 is 5.97 Å². The van der Waals surface area contributed by atoms with Gasteiger partial charge in [0.2, 0.25) is 0 Å². The summed E-state index contributed by atoms with van der Waals surface area (Å²) < 4.78 is 10.2. The van der Waals surface area contributed by atoms with E-state index in [4.69, 9.17) is 15.2 Å². The summed E-state index contributed by atoms with van der Waals surface area (Å²) in [5, 5.41) is 0. The zero-order valence-electron chi connectivity index (χ0n) is 12.2. The fourth-order valence-corrected chi connectivity index (χ4v) is 2.73. The highest BCUT2D eigenvalue weighted by atomic mass is 16.5. The Labute approximate surface area is 110 Å². The Hall–Kier alpha value is -0.650. The van der Waals surface area contributed by atoms with Gasteiger partial charge in [-0.1, -0.05) is 0 Å². The molecular formula is C13H26N2O3. The quantitative estimate of drug-likeness (QED) is 0.754. The predicted octanol–water partition coefficient (Wildman–Crippen LogP) is 0.766. The van der Waals surface area contributed by atoms with Gasteiger partial charge in [-0.15, -0.1) is 0 Å². The third kappa shape index (κ3) is 3.43. The van der Waals surface area contributed by atoms with Crippen LogP contribution in [0.4, 0.5) is 0 Å². The fraction of sp³-hybridized carbons (Fsp3) is 0.923. The number of carbonyl (C=O) groups is 1. The molecule has 0 amide bonds. The normalized spacial score (nSPS) is 25.2. The molecule has 2 unspecified atom stereocenters. The number of hydrogen-bond donors (Lipinski definition) is 1. The number of ether oxygens (including phenoxy) is 2. The van der Waals surface area contributed by atoms with E-state index >= 15 is 0 Å². The van der Waals surface area contributed by atoms with Crippen LogP contribution in [0.25, 0.3) is 0 Å². The number of nitrogens with two attached hydrogens (primary N) is 1. The van der Waals surface area contributed by atoms with Crippen molar-refractivity contribution in [2.75, 3.05) is 26.9 Å². The Balaban J connectivity index is 2.69. The highest BCUT2D eigenvalue weighted by molar-refractivity contribution is 5.79. The molecule has 0 aromatic rings. The van der Waals surface area contributed by atoms with Crippen LogP contribution in [0, 0.1) is 0 Å². The highest BCUT2D eigenvalue weighted by Gasteiger charge is 2.38. The molecule has 1 saturated heterocycles. The molecule has 2 atom stereocenters. The second kappa shape index (κ2) is 5.55. The van der Waals surface area contributed by atoms with Gasteiger partial charge in [0, 0.05) is 18.1 Å². The second-order valence-electron chi connectivity index (χ2n) is 6.02. The van der Waals surface area contributed by atoms with Gasteiger partial charge in [0.05, 0.1) is 20.3 Å². The minimum absolute atomic E-state index is 0.0239. The summed E-state index contributed by atoms with van der Waals surface area (Å²) in [6.45, 7) is 10.4. The van der Waals surface area contributed by atoms with Gasteiger partial charge in [-0.3, -0.25) is 9.69 Å². The van der Waals surface area contributed by atoms with E-state index in [0.29, 0.717) is 13.0 Å². The molecule has 106 valence electrons. The van der Waals surface area contributed by atoms with Gasteiger partial charge in [0.25, 0.3) is 0 Å². The summed E-state index contributed by atoms with van der Waals surface area (Å²) in [5.41, 5.74) is 5.07. The van der Waals surface area contributed by atoms with Crippen LogP contribution in [0.3, 0.4) is 0 Å². The summed E-state index contributed by atoms with van der Waals surface area (Å²) in [6.07, 6.45) is 0.573. The molecule has 1 aliphatic heterocycles. The van der Waals surface area contributed by atoms with Gasteiger partial charge in [0.15, 0.2) is 0 Å². The van der Waals surface area contributed by atoms with Gasteiger partial charge >= 0.3 is 5.97 Å². The SMILES string of the molecule is COC(=O)C(C)(N)CC(C)N1CCOCC1(C)C. The van der Waals surface area contributed by atoms with Crippen molar-refractivity contribution in [3.05, 3.63) is 0 Å². The number of rotatable bonds is 4. The summed E-state index contributed by atoms with van der Waals surface area (Å²) in [5.74, 6) is -0.361. The average molecular weight is 258 g/mol. The van der Waals surface area contributed by atoms with Crippen molar-refractivity contribution in [3.8, 4) is 0 Å². The molecule has 0 aromatic heterocycles. The molecule has 0 aliphatic carbocycles. The lowest BCUT2D eigenvalue weighted by atomic mass is 9.91. The van der Waals surface area contributed by atoms with Crippen LogP contribution >= 0.6 is 0 Å². The van der Waals surface area contributed by atoms with Crippen LogP contribution < -0.4 is 5.73 Å². The third-order valence-electron chi connectivity index (χ3n) is 3.61. The van der Waals surface area contributed by atoms with Crippen LogP contribution in [-0.4, -0.2) is 54.9 Å². The molecular weight excluding hydrogens is 232 g/mol. The summed E-state index contributed by atoms with van der Waals surface area (Å²) >= 11 is 0. The smallest absolute Gasteiger partial charge is 0.325 e. The van der Waals surface area contributed by atoms with Gasteiger partial charge in [-0.25, -0.2) is 0 Å². The number of esters is 1. The van der Waals surface area contributed by atoms with Crippen molar-refractivity contribution in [3.63, 3.8) is 0 Å². The maximum atomic E-state index is 11.6. The molecule has 0 spiro atoms. The Kier molecular flexibility index (Phi) is 4.75. The van der Waals surface area contributed by atoms with Crippen molar-refractivity contribution in [1.82, 2.24) is 4.90 Å². The van der Waals surface area contributed by atoms with E-state index in [2.05, 4.69) is 25.7 Å². The molecule has 1 fully saturated rings. The van der Waals surface area contributed by atoms with Crippen LogP contribution in [0.15, 0.2) is 0 Å². The van der Waals surface area contributed by atoms with E-state index in [1.165, 1.54) is 7.11 Å². The average Bonchev–Trinajstić information content (AvgIpc) is 2.26. The monoisotopic (exact) mass is 258 g/mol. The molecule has 18 heavy (non-hydrogen) atoms. The summed E-state index contributed by atoms with van der Waals surface area (Å²) in [6, 6.07) is 0.206. The molecule has 0 radical (unpaired) electrons. The Morgan fingerprint density at radius 2 is 2.22 bits per heavy atom. The van der Waals surface area contributed by atoms with Crippen molar-refractivity contribution in [1.29, 1.82) is 0 Å². The molecule has 0 aromatic carbocycles. The van der Waals surface area contributed by atoms with E-state index < -0.39 is 5.54 Å². The Bertz CT molecular complexity index is 303. The fourth-order valence-electron chi connectivity index (χ4n) is 2.73. The van der Waals surface area contributed by atoms with E-state index in [1.807, 2.05) is 0 Å². The molecule has 5 heteroatoms. The third-order valence-corrected chi connectivity index (χ3v) is 3.61. The number of nitrogens with zero attached hydrogens (tertiary/aromatic N) is 1. The number of methoxy groups -OCH3 is 1. The summed E-state index contributed by atoms with van der Waals surface area (Å²) in [4.78, 5) is 14.0. The van der Waals surface area contributed by atoms with E-state index in [9.17, 15) is 4.79 Å². The largest absolute Gasteiger partial charge is 0.468 e. The highest BCUT2D eigenvalue weighted by Crippen LogP contribution is 2.25. The minimum atomic E-state index is -0.942. The van der Waals surface area contributed by atoms with Crippen LogP contribution in [0.5, 0.6) is 0 Å². The first-order valence-corrected chi connectivity index (χ1v) is 6.42. The zero-order valence-corrected chi connectivity index (χ0v) is 12.2. The lowest BCUT2D eigenvalue weighted by molar-refractivity contribution is -0.148. The van der Waals surface area contributed by atoms with Crippen molar-refractivity contribution in [2.45, 2.75) is 51.2 Å². The molecule has 0 bridgehead atoms. The van der Waals surface area contributed by atoms with Crippen molar-refractivity contribution < 1.29 is 14.3 Å². The number of hydrogen-bond acceptors (Lipinski definition) is 5. The van der Waals surface area contributed by atoms with Crippen LogP contribution in [0.1, 0.15) is 34.1 Å². The second-order valence-corrected chi connectivity index (χ2v) is 6.02. The first kappa shape index (κ1) is 15.4.